The van der Waals surface area contributed by atoms with Gasteiger partial charge in [0.25, 0.3) is 0 Å². The lowest BCUT2D eigenvalue weighted by molar-refractivity contribution is 0.903. The smallest absolute Gasteiger partial charge is 0.135 e. The van der Waals surface area contributed by atoms with Crippen LogP contribution in [0.5, 0.6) is 0 Å². The van der Waals surface area contributed by atoms with Crippen molar-refractivity contribution >= 4 is 5.82 Å². The van der Waals surface area contributed by atoms with Gasteiger partial charge in [-0.2, -0.15) is 0 Å². The zero-order valence-electron chi connectivity index (χ0n) is 11.0. The molecule has 0 atom stereocenters. The highest BCUT2D eigenvalue weighted by atomic mass is 15.0. The van der Waals surface area contributed by atoms with Gasteiger partial charge in [0, 0.05) is 24.7 Å². The lowest BCUT2D eigenvalue weighted by Gasteiger charge is -2.08. The molecule has 1 N–H and O–H groups in total. The van der Waals surface area contributed by atoms with Crippen molar-refractivity contribution in [2.75, 3.05) is 11.9 Å². The molecule has 2 rings (SSSR count). The highest BCUT2D eigenvalue weighted by Crippen LogP contribution is 2.11. The number of nitrogens with zero attached hydrogens (tertiary/aromatic N) is 2. The van der Waals surface area contributed by atoms with Crippen molar-refractivity contribution in [3.05, 3.63) is 53.5 Å². The first-order valence-electron chi connectivity index (χ1n) is 6.46. The lowest BCUT2D eigenvalue weighted by Crippen LogP contribution is -2.06. The van der Waals surface area contributed by atoms with E-state index in [-0.39, 0.29) is 0 Å². The van der Waals surface area contributed by atoms with Gasteiger partial charge in [0.05, 0.1) is 0 Å². The SMILES string of the molecule is CCNc1cc(CC)nc(Cc2ccccc2)n1. The third kappa shape index (κ3) is 3.29. The normalized spacial score (nSPS) is 10.3. The second kappa shape index (κ2) is 6.15. The highest BCUT2D eigenvalue weighted by Gasteiger charge is 2.04. The Bertz CT molecular complexity index is 494. The predicted molar refractivity (Wildman–Crippen MR) is 74.8 cm³/mol. The Kier molecular flexibility index (Phi) is 4.29. The molecule has 0 aliphatic heterocycles. The highest BCUT2D eigenvalue weighted by molar-refractivity contribution is 5.36. The zero-order chi connectivity index (χ0) is 12.8. The fraction of sp³-hybridized carbons (Fsp3) is 0.333. The summed E-state index contributed by atoms with van der Waals surface area (Å²) in [6.45, 7) is 5.07. The van der Waals surface area contributed by atoms with E-state index in [1.165, 1.54) is 5.56 Å². The van der Waals surface area contributed by atoms with Crippen LogP contribution < -0.4 is 5.32 Å². The van der Waals surface area contributed by atoms with Crippen molar-refractivity contribution in [1.82, 2.24) is 9.97 Å². The van der Waals surface area contributed by atoms with E-state index in [4.69, 9.17) is 0 Å². The molecule has 1 heterocycles. The molecule has 18 heavy (non-hydrogen) atoms. The quantitative estimate of drug-likeness (QED) is 0.874. The Hall–Kier alpha value is -1.90. The number of aryl methyl sites for hydroxylation is 1. The monoisotopic (exact) mass is 241 g/mol. The molecule has 0 saturated heterocycles. The van der Waals surface area contributed by atoms with Crippen LogP contribution in [0.4, 0.5) is 5.82 Å². The molecule has 0 saturated carbocycles. The third-order valence-corrected chi connectivity index (χ3v) is 2.75. The van der Waals surface area contributed by atoms with Gasteiger partial charge >= 0.3 is 0 Å². The number of rotatable bonds is 5. The minimum absolute atomic E-state index is 0.785. The maximum atomic E-state index is 4.58. The minimum Gasteiger partial charge on any atom is -0.370 e. The molecular formula is C15H19N3. The van der Waals surface area contributed by atoms with E-state index in [0.29, 0.717) is 0 Å². The molecule has 0 fully saturated rings. The molecule has 1 aromatic heterocycles. The van der Waals surface area contributed by atoms with Crippen molar-refractivity contribution < 1.29 is 0 Å². The Morgan fingerprint density at radius 3 is 2.50 bits per heavy atom. The van der Waals surface area contributed by atoms with E-state index in [9.17, 15) is 0 Å². The summed E-state index contributed by atoms with van der Waals surface area (Å²) < 4.78 is 0. The molecular weight excluding hydrogens is 222 g/mol. The van der Waals surface area contributed by atoms with Gasteiger partial charge < -0.3 is 5.32 Å². The summed E-state index contributed by atoms with van der Waals surface area (Å²) in [7, 11) is 0. The van der Waals surface area contributed by atoms with E-state index in [0.717, 1.165) is 36.7 Å². The van der Waals surface area contributed by atoms with Crippen LogP contribution in [0.2, 0.25) is 0 Å². The van der Waals surface area contributed by atoms with Gasteiger partial charge in [0.15, 0.2) is 0 Å². The minimum atomic E-state index is 0.785. The lowest BCUT2D eigenvalue weighted by atomic mass is 10.1. The molecule has 0 aliphatic carbocycles. The Morgan fingerprint density at radius 2 is 1.83 bits per heavy atom. The Labute approximate surface area is 108 Å². The molecule has 0 unspecified atom stereocenters. The summed E-state index contributed by atoms with van der Waals surface area (Å²) in [5.74, 6) is 1.81. The van der Waals surface area contributed by atoms with E-state index >= 15 is 0 Å². The topological polar surface area (TPSA) is 37.8 Å². The van der Waals surface area contributed by atoms with Crippen molar-refractivity contribution in [3.8, 4) is 0 Å². The number of hydrogen-bond donors (Lipinski definition) is 1. The molecule has 94 valence electrons. The van der Waals surface area contributed by atoms with Crippen LogP contribution in [0.15, 0.2) is 36.4 Å². The van der Waals surface area contributed by atoms with Crippen LogP contribution in [0.25, 0.3) is 0 Å². The van der Waals surface area contributed by atoms with Gasteiger partial charge in [-0.05, 0) is 18.9 Å². The molecule has 0 amide bonds. The average molecular weight is 241 g/mol. The molecule has 3 nitrogen and oxygen atoms in total. The van der Waals surface area contributed by atoms with E-state index in [1.54, 1.807) is 0 Å². The van der Waals surface area contributed by atoms with E-state index in [1.807, 2.05) is 24.3 Å². The van der Waals surface area contributed by atoms with Crippen molar-refractivity contribution in [3.63, 3.8) is 0 Å². The first kappa shape index (κ1) is 12.6. The standard InChI is InChI=1S/C15H19N3/c1-3-13-11-14(16-4-2)18-15(17-13)10-12-8-6-5-7-9-12/h5-9,11H,3-4,10H2,1-2H3,(H,16,17,18). The van der Waals surface area contributed by atoms with E-state index in [2.05, 4.69) is 41.3 Å². The second-order valence-electron chi connectivity index (χ2n) is 4.21. The number of nitrogens with one attached hydrogen (secondary N) is 1. The summed E-state index contributed by atoms with van der Waals surface area (Å²) >= 11 is 0. The maximum Gasteiger partial charge on any atom is 0.135 e. The van der Waals surface area contributed by atoms with Gasteiger partial charge in [0.2, 0.25) is 0 Å². The first-order valence-corrected chi connectivity index (χ1v) is 6.46. The second-order valence-corrected chi connectivity index (χ2v) is 4.21. The van der Waals surface area contributed by atoms with Gasteiger partial charge in [-0.25, -0.2) is 9.97 Å². The summed E-state index contributed by atoms with van der Waals surface area (Å²) in [5.41, 5.74) is 2.33. The van der Waals surface area contributed by atoms with Crippen LogP contribution in [-0.2, 0) is 12.8 Å². The van der Waals surface area contributed by atoms with Gasteiger partial charge in [-0.3, -0.25) is 0 Å². The summed E-state index contributed by atoms with van der Waals surface area (Å²) in [4.78, 5) is 9.12. The van der Waals surface area contributed by atoms with Gasteiger partial charge in [-0.15, -0.1) is 0 Å². The summed E-state index contributed by atoms with van der Waals surface area (Å²) in [5, 5.41) is 3.26. The summed E-state index contributed by atoms with van der Waals surface area (Å²) in [6.07, 6.45) is 1.72. The Morgan fingerprint density at radius 1 is 1.06 bits per heavy atom. The van der Waals surface area contributed by atoms with Crippen molar-refractivity contribution in [2.24, 2.45) is 0 Å². The number of aromatic nitrogens is 2. The van der Waals surface area contributed by atoms with Gasteiger partial charge in [-0.1, -0.05) is 37.3 Å². The van der Waals surface area contributed by atoms with Gasteiger partial charge in [0.1, 0.15) is 11.6 Å². The Balaban J connectivity index is 2.24. The average Bonchev–Trinajstić information content (AvgIpc) is 2.40. The first-order chi connectivity index (χ1) is 8.81. The van der Waals surface area contributed by atoms with Crippen LogP contribution in [0.1, 0.15) is 30.9 Å². The van der Waals surface area contributed by atoms with E-state index < -0.39 is 0 Å². The zero-order valence-corrected chi connectivity index (χ0v) is 11.0. The molecule has 0 bridgehead atoms. The number of benzene rings is 1. The van der Waals surface area contributed by atoms with Crippen LogP contribution in [-0.4, -0.2) is 16.5 Å². The predicted octanol–water partition coefficient (Wildman–Crippen LogP) is 3.06. The number of hydrogen-bond acceptors (Lipinski definition) is 3. The van der Waals surface area contributed by atoms with Crippen molar-refractivity contribution in [2.45, 2.75) is 26.7 Å². The molecule has 1 aromatic carbocycles. The van der Waals surface area contributed by atoms with Crippen LogP contribution >= 0.6 is 0 Å². The molecule has 2 aromatic rings. The molecule has 3 heteroatoms. The largest absolute Gasteiger partial charge is 0.370 e. The van der Waals surface area contributed by atoms with Crippen LogP contribution in [0, 0.1) is 0 Å². The summed E-state index contributed by atoms with van der Waals surface area (Å²) in [6, 6.07) is 12.4. The fourth-order valence-electron chi connectivity index (χ4n) is 1.86. The molecule has 0 spiro atoms. The van der Waals surface area contributed by atoms with Crippen molar-refractivity contribution in [1.29, 1.82) is 0 Å². The fourth-order valence-corrected chi connectivity index (χ4v) is 1.86. The molecule has 0 radical (unpaired) electrons. The number of anilines is 1. The maximum absolute atomic E-state index is 4.58. The third-order valence-electron chi connectivity index (χ3n) is 2.75. The molecule has 0 aliphatic rings. The van der Waals surface area contributed by atoms with Crippen LogP contribution in [0.3, 0.4) is 0 Å².